The monoisotopic (exact) mass is 438 g/mol. The van der Waals surface area contributed by atoms with E-state index in [-0.39, 0.29) is 21.4 Å². The number of sulfonamides is 1. The number of rotatable bonds is 6. The van der Waals surface area contributed by atoms with Gasteiger partial charge in [0.15, 0.2) is 10.2 Å². The van der Waals surface area contributed by atoms with Gasteiger partial charge >= 0.3 is 0 Å². The molecule has 28 heavy (non-hydrogen) atoms. The van der Waals surface area contributed by atoms with Crippen LogP contribution in [0.3, 0.4) is 0 Å². The maximum absolute atomic E-state index is 12.4. The lowest BCUT2D eigenvalue weighted by Gasteiger charge is -2.05. The fraction of sp³-hybridized carbons (Fsp3) is 0. The number of anilines is 2. The van der Waals surface area contributed by atoms with Crippen LogP contribution in [0.1, 0.15) is 10.4 Å². The van der Waals surface area contributed by atoms with Crippen LogP contribution in [-0.4, -0.2) is 24.2 Å². The predicted octanol–water partition coefficient (Wildman–Crippen LogP) is 3.76. The number of amides is 1. The predicted molar refractivity (Wildman–Crippen MR) is 105 cm³/mol. The molecule has 0 aliphatic rings. The molecule has 0 aliphatic heterocycles. The first-order valence-corrected chi connectivity index (χ1v) is 10.3. The molecule has 2 aromatic carbocycles. The van der Waals surface area contributed by atoms with Crippen molar-refractivity contribution in [1.29, 1.82) is 0 Å². The molecule has 12 heteroatoms. The highest BCUT2D eigenvalue weighted by molar-refractivity contribution is 7.92. The van der Waals surface area contributed by atoms with Gasteiger partial charge in [-0.05, 0) is 36.4 Å². The van der Waals surface area contributed by atoms with Crippen LogP contribution in [0.15, 0.2) is 58.9 Å². The van der Waals surface area contributed by atoms with E-state index < -0.39 is 20.9 Å². The van der Waals surface area contributed by atoms with Crippen LogP contribution in [-0.2, 0) is 10.0 Å². The number of nitrogens with one attached hydrogen (secondary N) is 2. The zero-order valence-electron chi connectivity index (χ0n) is 13.8. The average molecular weight is 439 g/mol. The summed E-state index contributed by atoms with van der Waals surface area (Å²) in [4.78, 5) is 26.2. The molecule has 1 heterocycles. The molecule has 2 N–H and O–H groups in total. The average Bonchev–Trinajstić information content (AvgIpc) is 3.13. The highest BCUT2D eigenvalue weighted by Gasteiger charge is 2.19. The number of nitrogens with zero attached hydrogens (tertiary/aromatic N) is 2. The molecule has 3 rings (SSSR count). The molecule has 1 aromatic heterocycles. The summed E-state index contributed by atoms with van der Waals surface area (Å²) in [5, 5.41) is 14.7. The maximum Gasteiger partial charge on any atom is 0.280 e. The van der Waals surface area contributed by atoms with Crippen molar-refractivity contribution >= 4 is 55.4 Å². The minimum Gasteiger partial charge on any atom is -0.298 e. The van der Waals surface area contributed by atoms with E-state index in [2.05, 4.69) is 15.0 Å². The Balaban J connectivity index is 1.71. The number of nitro groups is 1. The summed E-state index contributed by atoms with van der Waals surface area (Å²) < 4.78 is 27.1. The highest BCUT2D eigenvalue weighted by atomic mass is 35.5. The Morgan fingerprint density at radius 1 is 1.11 bits per heavy atom. The Hall–Kier alpha value is -3.02. The number of hydrogen-bond donors (Lipinski definition) is 2. The molecule has 0 spiro atoms. The van der Waals surface area contributed by atoms with E-state index >= 15 is 0 Å². The molecule has 0 radical (unpaired) electrons. The lowest BCUT2D eigenvalue weighted by molar-refractivity contribution is -0.384. The van der Waals surface area contributed by atoms with Gasteiger partial charge in [-0.1, -0.05) is 11.6 Å². The molecule has 144 valence electrons. The van der Waals surface area contributed by atoms with E-state index in [1.165, 1.54) is 53.9 Å². The molecule has 9 nitrogen and oxygen atoms in total. The van der Waals surface area contributed by atoms with Crippen molar-refractivity contribution in [3.05, 3.63) is 74.6 Å². The van der Waals surface area contributed by atoms with Crippen molar-refractivity contribution in [3.8, 4) is 0 Å². The third-order valence-electron chi connectivity index (χ3n) is 3.42. The lowest BCUT2D eigenvalue weighted by Crippen LogP contribution is -2.14. The van der Waals surface area contributed by atoms with Crippen LogP contribution in [0.2, 0.25) is 5.02 Å². The van der Waals surface area contributed by atoms with Crippen molar-refractivity contribution < 1.29 is 18.1 Å². The Labute approximate surface area is 168 Å². The first kappa shape index (κ1) is 19.7. The molecule has 0 fully saturated rings. The topological polar surface area (TPSA) is 131 Å². The number of carbonyl (C=O) groups excluding carboxylic acids is 1. The summed E-state index contributed by atoms with van der Waals surface area (Å²) in [6.07, 6.45) is 0. The van der Waals surface area contributed by atoms with Crippen molar-refractivity contribution in [1.82, 2.24) is 4.98 Å². The first-order chi connectivity index (χ1) is 13.2. The van der Waals surface area contributed by atoms with E-state index in [1.54, 1.807) is 0 Å². The Morgan fingerprint density at radius 3 is 2.36 bits per heavy atom. The second-order valence-electron chi connectivity index (χ2n) is 5.36. The van der Waals surface area contributed by atoms with Crippen molar-refractivity contribution in [2.45, 2.75) is 5.03 Å². The molecule has 3 aromatic rings. The fourth-order valence-electron chi connectivity index (χ4n) is 2.07. The lowest BCUT2D eigenvalue weighted by atomic mass is 10.2. The summed E-state index contributed by atoms with van der Waals surface area (Å²) in [7, 11) is -3.94. The van der Waals surface area contributed by atoms with Gasteiger partial charge in [0.25, 0.3) is 21.6 Å². The summed E-state index contributed by atoms with van der Waals surface area (Å²) in [5.41, 5.74) is 0.339. The van der Waals surface area contributed by atoms with Crippen LogP contribution in [0.4, 0.5) is 16.5 Å². The zero-order chi connectivity index (χ0) is 20.3. The van der Waals surface area contributed by atoms with Crippen molar-refractivity contribution in [3.63, 3.8) is 0 Å². The minimum atomic E-state index is -3.94. The van der Waals surface area contributed by atoms with Crippen LogP contribution in [0.5, 0.6) is 0 Å². The Kier molecular flexibility index (Phi) is 5.58. The zero-order valence-corrected chi connectivity index (χ0v) is 16.2. The second-order valence-corrected chi connectivity index (χ2v) is 8.29. The molecule has 0 bridgehead atoms. The van der Waals surface area contributed by atoms with Gasteiger partial charge in [0, 0.05) is 33.8 Å². The van der Waals surface area contributed by atoms with Crippen molar-refractivity contribution in [2.24, 2.45) is 0 Å². The number of benzene rings is 2. The summed E-state index contributed by atoms with van der Waals surface area (Å²) in [6.45, 7) is 0. The van der Waals surface area contributed by atoms with E-state index in [1.807, 2.05) is 0 Å². The largest absolute Gasteiger partial charge is 0.298 e. The van der Waals surface area contributed by atoms with Gasteiger partial charge in [-0.3, -0.25) is 24.9 Å². The van der Waals surface area contributed by atoms with Crippen LogP contribution in [0, 0.1) is 10.1 Å². The van der Waals surface area contributed by atoms with Crippen LogP contribution < -0.4 is 10.0 Å². The van der Waals surface area contributed by atoms with E-state index in [9.17, 15) is 23.3 Å². The molecule has 1 amide bonds. The number of thiazole rings is 1. The number of non-ortho nitro benzene ring substituents is 1. The Bertz CT molecular complexity index is 1130. The van der Waals surface area contributed by atoms with E-state index in [0.29, 0.717) is 10.7 Å². The molecule has 0 atom stereocenters. The fourth-order valence-corrected chi connectivity index (χ4v) is 4.23. The number of aromatic nitrogens is 1. The highest BCUT2D eigenvalue weighted by Crippen LogP contribution is 2.23. The maximum atomic E-state index is 12.4. The third kappa shape index (κ3) is 4.63. The molecule has 0 saturated heterocycles. The number of halogens is 1. The quantitative estimate of drug-likeness (QED) is 0.445. The van der Waals surface area contributed by atoms with Gasteiger partial charge < -0.3 is 0 Å². The third-order valence-corrected chi connectivity index (χ3v) is 5.84. The molecule has 0 unspecified atom stereocenters. The normalized spacial score (nSPS) is 11.0. The smallest absolute Gasteiger partial charge is 0.280 e. The van der Waals surface area contributed by atoms with Gasteiger partial charge in [-0.15, -0.1) is 11.3 Å². The van der Waals surface area contributed by atoms with Crippen LogP contribution in [0.25, 0.3) is 0 Å². The molecular weight excluding hydrogens is 428 g/mol. The summed E-state index contributed by atoms with van der Waals surface area (Å²) in [6, 6.07) is 11.1. The second kappa shape index (κ2) is 7.92. The first-order valence-electron chi connectivity index (χ1n) is 7.54. The standard InChI is InChI=1S/C16H11ClN4O5S2/c17-11-3-5-12(6-4-11)20-28(25,26)14-9-27-16(18-14)19-15(22)10-1-7-13(8-2-10)21(23)24/h1-9,20H,(H,18,19,22). The van der Waals surface area contributed by atoms with Gasteiger partial charge in [0.05, 0.1) is 4.92 Å². The minimum absolute atomic E-state index is 0.0693. The van der Waals surface area contributed by atoms with E-state index in [4.69, 9.17) is 11.6 Å². The SMILES string of the molecule is O=C(Nc1nc(S(=O)(=O)Nc2ccc(Cl)cc2)cs1)c1ccc([N+](=O)[O-])cc1. The summed E-state index contributed by atoms with van der Waals surface area (Å²) in [5.74, 6) is -0.571. The van der Waals surface area contributed by atoms with E-state index in [0.717, 1.165) is 11.3 Å². The van der Waals surface area contributed by atoms with Crippen LogP contribution >= 0.6 is 22.9 Å². The molecule has 0 aliphatic carbocycles. The molecule has 0 saturated carbocycles. The van der Waals surface area contributed by atoms with Gasteiger partial charge in [-0.25, -0.2) is 4.98 Å². The van der Waals surface area contributed by atoms with Gasteiger partial charge in [0.2, 0.25) is 0 Å². The number of hydrogen-bond acceptors (Lipinski definition) is 7. The van der Waals surface area contributed by atoms with Gasteiger partial charge in [0.1, 0.15) is 0 Å². The number of carbonyl (C=O) groups is 1. The summed E-state index contributed by atoms with van der Waals surface area (Å²) >= 11 is 6.69. The number of nitro benzene ring substituents is 1. The Morgan fingerprint density at radius 2 is 1.75 bits per heavy atom. The van der Waals surface area contributed by atoms with Crippen molar-refractivity contribution in [2.75, 3.05) is 10.0 Å². The molecular formula is C16H11ClN4O5S2. The van der Waals surface area contributed by atoms with Gasteiger partial charge in [-0.2, -0.15) is 8.42 Å².